The summed E-state index contributed by atoms with van der Waals surface area (Å²) in [5.41, 5.74) is 3.66. The fraction of sp³-hybridized carbons (Fsp3) is 0.357. The second kappa shape index (κ2) is 5.66. The molecule has 0 aliphatic carbocycles. The van der Waals surface area contributed by atoms with Crippen molar-refractivity contribution in [3.63, 3.8) is 0 Å². The highest BCUT2D eigenvalue weighted by atomic mass is 32.2. The van der Waals surface area contributed by atoms with Gasteiger partial charge in [-0.25, -0.2) is 8.42 Å². The lowest BCUT2D eigenvalue weighted by Crippen LogP contribution is -2.14. The molecule has 0 aliphatic rings. The summed E-state index contributed by atoms with van der Waals surface area (Å²) in [7, 11) is -3.24. The van der Waals surface area contributed by atoms with Crippen LogP contribution in [0, 0.1) is 13.8 Å². The van der Waals surface area contributed by atoms with Crippen LogP contribution in [0.25, 0.3) is 0 Å². The Bertz CT molecular complexity index is 705. The number of sulfonamides is 1. The van der Waals surface area contributed by atoms with Crippen LogP contribution in [0.4, 0.5) is 5.69 Å². The molecule has 2 aromatic rings. The molecule has 0 unspecified atom stereocenters. The Labute approximate surface area is 119 Å². The number of benzene rings is 1. The Kier molecular flexibility index (Phi) is 4.13. The Morgan fingerprint density at radius 1 is 1.25 bits per heavy atom. The summed E-state index contributed by atoms with van der Waals surface area (Å²) in [6.45, 7) is 6.20. The van der Waals surface area contributed by atoms with Gasteiger partial charge in [0.1, 0.15) is 0 Å². The van der Waals surface area contributed by atoms with Gasteiger partial charge in [0.05, 0.1) is 18.0 Å². The van der Waals surface area contributed by atoms with Crippen molar-refractivity contribution in [3.8, 4) is 0 Å². The van der Waals surface area contributed by atoms with E-state index >= 15 is 0 Å². The van der Waals surface area contributed by atoms with Gasteiger partial charge in [-0.05, 0) is 44.5 Å². The molecular weight excluding hydrogens is 274 g/mol. The molecule has 0 saturated carbocycles. The number of anilines is 1. The Balaban J connectivity index is 2.20. The van der Waals surface area contributed by atoms with Crippen LogP contribution in [0.1, 0.15) is 23.9 Å². The van der Waals surface area contributed by atoms with Crippen molar-refractivity contribution in [1.29, 1.82) is 0 Å². The van der Waals surface area contributed by atoms with Gasteiger partial charge < -0.3 is 0 Å². The van der Waals surface area contributed by atoms with Gasteiger partial charge in [0.2, 0.25) is 10.0 Å². The number of hydrogen-bond donors (Lipinski definition) is 1. The van der Waals surface area contributed by atoms with Crippen molar-refractivity contribution in [2.75, 3.05) is 10.5 Å². The number of aryl methyl sites for hydroxylation is 2. The van der Waals surface area contributed by atoms with E-state index in [4.69, 9.17) is 0 Å². The standard InChI is InChI=1S/C14H19N3O2S/c1-4-20(18,19)16-14-7-5-6-13(9-14)10-17-12(3)8-11(2)15-17/h5-9,16H,4,10H2,1-3H3. The van der Waals surface area contributed by atoms with E-state index in [1.54, 1.807) is 13.0 Å². The Morgan fingerprint density at radius 3 is 2.60 bits per heavy atom. The van der Waals surface area contributed by atoms with Gasteiger partial charge in [0.15, 0.2) is 0 Å². The number of nitrogens with one attached hydrogen (secondary N) is 1. The van der Waals surface area contributed by atoms with Crippen LogP contribution in [0.5, 0.6) is 0 Å². The second-order valence-corrected chi connectivity index (χ2v) is 6.80. The summed E-state index contributed by atoms with van der Waals surface area (Å²) in [5, 5.41) is 4.40. The molecule has 20 heavy (non-hydrogen) atoms. The molecule has 0 atom stereocenters. The number of aromatic nitrogens is 2. The SMILES string of the molecule is CCS(=O)(=O)Nc1cccc(Cn2nc(C)cc2C)c1. The molecule has 0 aliphatic heterocycles. The summed E-state index contributed by atoms with van der Waals surface area (Å²) in [6.07, 6.45) is 0. The first-order chi connectivity index (χ1) is 9.39. The molecule has 5 nitrogen and oxygen atoms in total. The van der Waals surface area contributed by atoms with Crippen molar-refractivity contribution >= 4 is 15.7 Å². The van der Waals surface area contributed by atoms with E-state index in [2.05, 4.69) is 9.82 Å². The first kappa shape index (κ1) is 14.6. The van der Waals surface area contributed by atoms with Gasteiger partial charge in [0, 0.05) is 11.4 Å². The molecule has 108 valence electrons. The van der Waals surface area contributed by atoms with Crippen molar-refractivity contribution < 1.29 is 8.42 Å². The average molecular weight is 293 g/mol. The smallest absolute Gasteiger partial charge is 0.232 e. The first-order valence-electron chi connectivity index (χ1n) is 6.50. The third kappa shape index (κ3) is 3.60. The van der Waals surface area contributed by atoms with Crippen LogP contribution in [0.3, 0.4) is 0 Å². The molecule has 1 heterocycles. The highest BCUT2D eigenvalue weighted by Crippen LogP contribution is 2.14. The zero-order valence-corrected chi connectivity index (χ0v) is 12.7. The Morgan fingerprint density at radius 2 is 2.00 bits per heavy atom. The molecule has 0 amide bonds. The number of nitrogens with zero attached hydrogens (tertiary/aromatic N) is 2. The maximum absolute atomic E-state index is 11.6. The maximum Gasteiger partial charge on any atom is 0.232 e. The summed E-state index contributed by atoms with van der Waals surface area (Å²) in [6, 6.07) is 9.40. The summed E-state index contributed by atoms with van der Waals surface area (Å²) in [4.78, 5) is 0. The summed E-state index contributed by atoms with van der Waals surface area (Å²) in [5.74, 6) is 0.0642. The second-order valence-electron chi connectivity index (χ2n) is 4.79. The molecule has 0 radical (unpaired) electrons. The predicted molar refractivity (Wildman–Crippen MR) is 80.3 cm³/mol. The highest BCUT2D eigenvalue weighted by Gasteiger charge is 2.07. The number of rotatable bonds is 5. The molecule has 0 bridgehead atoms. The van der Waals surface area contributed by atoms with Crippen molar-refractivity contribution in [1.82, 2.24) is 9.78 Å². The lowest BCUT2D eigenvalue weighted by molar-refractivity contribution is 0.602. The molecule has 1 N–H and O–H groups in total. The van der Waals surface area contributed by atoms with E-state index in [1.807, 2.05) is 42.8 Å². The minimum absolute atomic E-state index is 0.0642. The topological polar surface area (TPSA) is 64.0 Å². The normalized spacial score (nSPS) is 11.6. The maximum atomic E-state index is 11.6. The lowest BCUT2D eigenvalue weighted by atomic mass is 10.2. The zero-order valence-electron chi connectivity index (χ0n) is 11.9. The van der Waals surface area contributed by atoms with Crippen LogP contribution in [0.2, 0.25) is 0 Å². The van der Waals surface area contributed by atoms with Gasteiger partial charge in [-0.15, -0.1) is 0 Å². The average Bonchev–Trinajstić information content (AvgIpc) is 2.68. The third-order valence-electron chi connectivity index (χ3n) is 3.02. The third-order valence-corrected chi connectivity index (χ3v) is 4.32. The fourth-order valence-corrected chi connectivity index (χ4v) is 2.62. The Hall–Kier alpha value is -1.82. The molecule has 6 heteroatoms. The molecule has 2 rings (SSSR count). The highest BCUT2D eigenvalue weighted by molar-refractivity contribution is 7.92. The van der Waals surface area contributed by atoms with E-state index < -0.39 is 10.0 Å². The molecule has 0 saturated heterocycles. The predicted octanol–water partition coefficient (Wildman–Crippen LogP) is 2.31. The summed E-state index contributed by atoms with van der Waals surface area (Å²) >= 11 is 0. The number of hydrogen-bond acceptors (Lipinski definition) is 3. The monoisotopic (exact) mass is 293 g/mol. The molecule has 1 aromatic heterocycles. The van der Waals surface area contributed by atoms with E-state index in [1.165, 1.54) is 0 Å². The lowest BCUT2D eigenvalue weighted by Gasteiger charge is -2.09. The van der Waals surface area contributed by atoms with E-state index in [0.717, 1.165) is 17.0 Å². The molecule has 0 fully saturated rings. The van der Waals surface area contributed by atoms with E-state index in [-0.39, 0.29) is 5.75 Å². The molecular formula is C14H19N3O2S. The van der Waals surface area contributed by atoms with Crippen LogP contribution < -0.4 is 4.72 Å². The van der Waals surface area contributed by atoms with Gasteiger partial charge in [-0.2, -0.15) is 5.10 Å². The first-order valence-corrected chi connectivity index (χ1v) is 8.15. The van der Waals surface area contributed by atoms with Gasteiger partial charge in [-0.1, -0.05) is 12.1 Å². The van der Waals surface area contributed by atoms with Crippen molar-refractivity contribution in [3.05, 3.63) is 47.3 Å². The zero-order chi connectivity index (χ0) is 14.8. The largest absolute Gasteiger partial charge is 0.284 e. The van der Waals surface area contributed by atoms with Gasteiger partial charge in [0.25, 0.3) is 0 Å². The van der Waals surface area contributed by atoms with Gasteiger partial charge >= 0.3 is 0 Å². The van der Waals surface area contributed by atoms with Crippen LogP contribution in [-0.2, 0) is 16.6 Å². The van der Waals surface area contributed by atoms with E-state index in [9.17, 15) is 8.42 Å². The minimum atomic E-state index is -3.24. The van der Waals surface area contributed by atoms with Gasteiger partial charge in [-0.3, -0.25) is 9.40 Å². The summed E-state index contributed by atoms with van der Waals surface area (Å²) < 4.78 is 27.6. The molecule has 0 spiro atoms. The fourth-order valence-electron chi connectivity index (χ4n) is 1.99. The van der Waals surface area contributed by atoms with Crippen molar-refractivity contribution in [2.45, 2.75) is 27.3 Å². The quantitative estimate of drug-likeness (QED) is 0.920. The van der Waals surface area contributed by atoms with Crippen LogP contribution in [0.15, 0.2) is 30.3 Å². The minimum Gasteiger partial charge on any atom is -0.284 e. The van der Waals surface area contributed by atoms with Crippen LogP contribution >= 0.6 is 0 Å². The molecule has 1 aromatic carbocycles. The van der Waals surface area contributed by atoms with Crippen LogP contribution in [-0.4, -0.2) is 24.0 Å². The van der Waals surface area contributed by atoms with E-state index in [0.29, 0.717) is 12.2 Å². The van der Waals surface area contributed by atoms with Crippen molar-refractivity contribution in [2.24, 2.45) is 0 Å².